The van der Waals surface area contributed by atoms with Gasteiger partial charge in [-0.1, -0.05) is 48.5 Å². The number of hydrogen-bond acceptors (Lipinski definition) is 5. The first kappa shape index (κ1) is 18.9. The molecule has 3 aromatic carbocycles. The van der Waals surface area contributed by atoms with Gasteiger partial charge in [-0.2, -0.15) is 4.98 Å². The molecule has 0 saturated carbocycles. The predicted molar refractivity (Wildman–Crippen MR) is 120 cm³/mol. The Morgan fingerprint density at radius 1 is 0.967 bits per heavy atom. The maximum atomic E-state index is 6.10. The first-order valence-electron chi connectivity index (χ1n) is 10.4. The molecule has 0 atom stereocenters. The molecule has 5 nitrogen and oxygen atoms in total. The average Bonchev–Trinajstić information content (AvgIpc) is 3.19. The summed E-state index contributed by atoms with van der Waals surface area (Å²) in [6.45, 7) is 6.74. The Morgan fingerprint density at radius 2 is 1.80 bits per heavy atom. The fourth-order valence-corrected chi connectivity index (χ4v) is 3.92. The second kappa shape index (κ2) is 8.30. The van der Waals surface area contributed by atoms with Crippen molar-refractivity contribution in [3.8, 4) is 11.1 Å². The van der Waals surface area contributed by atoms with Crippen molar-refractivity contribution in [2.24, 2.45) is 0 Å². The van der Waals surface area contributed by atoms with E-state index in [1.807, 2.05) is 30.3 Å². The minimum atomic E-state index is 0.508. The van der Waals surface area contributed by atoms with E-state index < -0.39 is 0 Å². The fraction of sp³-hybridized carbons (Fsp3) is 0.240. The van der Waals surface area contributed by atoms with Crippen molar-refractivity contribution in [1.29, 1.82) is 0 Å². The number of anilines is 2. The number of oxazole rings is 1. The minimum absolute atomic E-state index is 0.508. The summed E-state index contributed by atoms with van der Waals surface area (Å²) in [5.74, 6) is 0. The van der Waals surface area contributed by atoms with Gasteiger partial charge in [0.15, 0.2) is 5.58 Å². The zero-order valence-corrected chi connectivity index (χ0v) is 17.1. The van der Waals surface area contributed by atoms with Crippen molar-refractivity contribution < 1.29 is 9.15 Å². The zero-order chi connectivity index (χ0) is 20.3. The van der Waals surface area contributed by atoms with Gasteiger partial charge in [0.1, 0.15) is 5.52 Å². The van der Waals surface area contributed by atoms with E-state index in [0.29, 0.717) is 6.01 Å². The number of aryl methyl sites for hydroxylation is 1. The molecule has 0 bridgehead atoms. The zero-order valence-electron chi connectivity index (χ0n) is 17.1. The second-order valence-electron chi connectivity index (χ2n) is 7.69. The monoisotopic (exact) mass is 399 g/mol. The lowest BCUT2D eigenvalue weighted by molar-refractivity contribution is 0.0341. The van der Waals surface area contributed by atoms with E-state index in [1.54, 1.807) is 0 Å². The number of rotatable bonds is 5. The molecule has 1 fully saturated rings. The smallest absolute Gasteiger partial charge is 0.300 e. The molecule has 5 rings (SSSR count). The van der Waals surface area contributed by atoms with Crippen molar-refractivity contribution in [2.45, 2.75) is 13.5 Å². The van der Waals surface area contributed by atoms with Crippen LogP contribution in [-0.4, -0.2) is 36.2 Å². The van der Waals surface area contributed by atoms with Gasteiger partial charge in [-0.3, -0.25) is 4.90 Å². The number of ether oxygens (including phenoxy) is 1. The molecule has 0 radical (unpaired) electrons. The van der Waals surface area contributed by atoms with Crippen LogP contribution in [0, 0.1) is 6.92 Å². The van der Waals surface area contributed by atoms with Crippen LogP contribution < -0.4 is 5.32 Å². The largest absolute Gasteiger partial charge is 0.423 e. The minimum Gasteiger partial charge on any atom is -0.423 e. The van der Waals surface area contributed by atoms with Crippen molar-refractivity contribution >= 4 is 22.8 Å². The van der Waals surface area contributed by atoms with Gasteiger partial charge in [-0.05, 0) is 41.8 Å². The first-order valence-corrected chi connectivity index (χ1v) is 10.4. The predicted octanol–water partition coefficient (Wildman–Crippen LogP) is 5.38. The van der Waals surface area contributed by atoms with Crippen LogP contribution in [0.4, 0.5) is 11.7 Å². The second-order valence-corrected chi connectivity index (χ2v) is 7.69. The Balaban J connectivity index is 1.37. The Morgan fingerprint density at radius 3 is 2.60 bits per heavy atom. The van der Waals surface area contributed by atoms with E-state index in [2.05, 4.69) is 58.5 Å². The molecule has 0 aliphatic carbocycles. The molecule has 152 valence electrons. The van der Waals surface area contributed by atoms with Gasteiger partial charge in [0.05, 0.1) is 13.2 Å². The lowest BCUT2D eigenvalue weighted by atomic mass is 10.1. The van der Waals surface area contributed by atoms with Crippen LogP contribution in [0.15, 0.2) is 71.1 Å². The average molecular weight is 399 g/mol. The molecule has 0 spiro atoms. The van der Waals surface area contributed by atoms with Crippen molar-refractivity contribution in [3.63, 3.8) is 0 Å². The van der Waals surface area contributed by atoms with E-state index in [4.69, 9.17) is 9.15 Å². The van der Waals surface area contributed by atoms with Crippen LogP contribution in [0.3, 0.4) is 0 Å². The summed E-state index contributed by atoms with van der Waals surface area (Å²) in [5, 5.41) is 3.33. The van der Waals surface area contributed by atoms with Gasteiger partial charge < -0.3 is 14.5 Å². The molecule has 1 aromatic heterocycles. The maximum absolute atomic E-state index is 6.10. The molecule has 1 aliphatic heterocycles. The van der Waals surface area contributed by atoms with Gasteiger partial charge in [0.2, 0.25) is 0 Å². The van der Waals surface area contributed by atoms with Crippen LogP contribution in [-0.2, 0) is 11.3 Å². The molecular formula is C25H25N3O2. The summed E-state index contributed by atoms with van der Waals surface area (Å²) in [6, 6.07) is 23.3. The highest BCUT2D eigenvalue weighted by molar-refractivity contribution is 5.91. The Hall–Kier alpha value is -3.15. The highest BCUT2D eigenvalue weighted by Gasteiger charge is 2.14. The van der Waals surface area contributed by atoms with E-state index >= 15 is 0 Å². The number of para-hydroxylation sites is 1. The lowest BCUT2D eigenvalue weighted by Gasteiger charge is -2.27. The molecule has 2 heterocycles. The fourth-order valence-electron chi connectivity index (χ4n) is 3.92. The summed E-state index contributed by atoms with van der Waals surface area (Å²) in [4.78, 5) is 7.08. The molecule has 1 aliphatic rings. The van der Waals surface area contributed by atoms with E-state index in [1.165, 1.54) is 11.1 Å². The van der Waals surface area contributed by atoms with E-state index in [0.717, 1.165) is 60.8 Å². The Bertz CT molecular complexity index is 1150. The normalized spacial score (nSPS) is 14.8. The van der Waals surface area contributed by atoms with Gasteiger partial charge >= 0.3 is 0 Å². The summed E-state index contributed by atoms with van der Waals surface area (Å²) in [5.41, 5.74) is 7.39. The standard InChI is InChI=1S/C25H25N3O2/c1-18-16-21(11-10-20(18)17-28-12-14-29-15-13-28)26-25-27-23-9-5-8-22(24(23)30-25)19-6-3-2-4-7-19/h2-11,16H,12-15,17H2,1H3,(H,26,27). The van der Waals surface area contributed by atoms with E-state index in [-0.39, 0.29) is 0 Å². The molecular weight excluding hydrogens is 374 g/mol. The van der Waals surface area contributed by atoms with Gasteiger partial charge in [0.25, 0.3) is 6.01 Å². The number of nitrogens with zero attached hydrogens (tertiary/aromatic N) is 2. The summed E-state index contributed by atoms with van der Waals surface area (Å²) in [7, 11) is 0. The number of hydrogen-bond donors (Lipinski definition) is 1. The number of fused-ring (bicyclic) bond motifs is 1. The van der Waals surface area contributed by atoms with Crippen LogP contribution in [0.2, 0.25) is 0 Å². The first-order chi connectivity index (χ1) is 14.8. The third kappa shape index (κ3) is 3.95. The third-order valence-electron chi connectivity index (χ3n) is 5.59. The molecule has 30 heavy (non-hydrogen) atoms. The maximum Gasteiger partial charge on any atom is 0.300 e. The molecule has 1 N–H and O–H groups in total. The quantitative estimate of drug-likeness (QED) is 0.488. The van der Waals surface area contributed by atoms with Crippen LogP contribution in [0.1, 0.15) is 11.1 Å². The molecule has 0 unspecified atom stereocenters. The lowest BCUT2D eigenvalue weighted by Crippen LogP contribution is -2.35. The SMILES string of the molecule is Cc1cc(Nc2nc3cccc(-c4ccccc4)c3o2)ccc1CN1CCOCC1. The number of aromatic nitrogens is 1. The van der Waals surface area contributed by atoms with Gasteiger partial charge in [0, 0.05) is 30.9 Å². The molecule has 0 amide bonds. The van der Waals surface area contributed by atoms with Crippen LogP contribution in [0.25, 0.3) is 22.2 Å². The molecule has 5 heteroatoms. The number of morpholine rings is 1. The van der Waals surface area contributed by atoms with Crippen LogP contribution in [0.5, 0.6) is 0 Å². The highest BCUT2D eigenvalue weighted by Crippen LogP contribution is 2.31. The summed E-state index contributed by atoms with van der Waals surface area (Å²) < 4.78 is 11.6. The van der Waals surface area contributed by atoms with E-state index in [9.17, 15) is 0 Å². The van der Waals surface area contributed by atoms with Gasteiger partial charge in [-0.15, -0.1) is 0 Å². The van der Waals surface area contributed by atoms with Gasteiger partial charge in [-0.25, -0.2) is 0 Å². The molecule has 4 aromatic rings. The van der Waals surface area contributed by atoms with Crippen molar-refractivity contribution in [3.05, 3.63) is 77.9 Å². The van der Waals surface area contributed by atoms with Crippen molar-refractivity contribution in [2.75, 3.05) is 31.6 Å². The van der Waals surface area contributed by atoms with Crippen LogP contribution >= 0.6 is 0 Å². The third-order valence-corrected chi connectivity index (χ3v) is 5.59. The summed E-state index contributed by atoms with van der Waals surface area (Å²) >= 11 is 0. The molecule has 1 saturated heterocycles. The Kier molecular flexibility index (Phi) is 5.22. The summed E-state index contributed by atoms with van der Waals surface area (Å²) in [6.07, 6.45) is 0. The number of nitrogens with one attached hydrogen (secondary N) is 1. The topological polar surface area (TPSA) is 50.5 Å². The van der Waals surface area contributed by atoms with Crippen molar-refractivity contribution in [1.82, 2.24) is 9.88 Å². The Labute approximate surface area is 176 Å². The highest BCUT2D eigenvalue weighted by atomic mass is 16.5. The number of benzene rings is 3.